The molecule has 3 aliphatic rings. The molecule has 3 amide bonds. The second-order valence-corrected chi connectivity index (χ2v) is 8.24. The quantitative estimate of drug-likeness (QED) is 0.823. The maximum absolute atomic E-state index is 13.0. The van der Waals surface area contributed by atoms with E-state index in [-0.39, 0.29) is 18.0 Å². The van der Waals surface area contributed by atoms with Gasteiger partial charge in [-0.3, -0.25) is 4.79 Å². The van der Waals surface area contributed by atoms with E-state index in [1.165, 1.54) is 0 Å². The van der Waals surface area contributed by atoms with E-state index in [2.05, 4.69) is 10.2 Å². The average molecular weight is 402 g/mol. The van der Waals surface area contributed by atoms with Gasteiger partial charge in [0.1, 0.15) is 5.75 Å². The number of carbonyl (C=O) groups is 2. The maximum Gasteiger partial charge on any atom is 0.321 e. The summed E-state index contributed by atoms with van der Waals surface area (Å²) in [6, 6.07) is 7.80. The third-order valence-corrected chi connectivity index (χ3v) is 6.23. The third kappa shape index (κ3) is 4.83. The van der Waals surface area contributed by atoms with Gasteiger partial charge in [0.05, 0.1) is 7.11 Å². The molecule has 1 saturated carbocycles. The van der Waals surface area contributed by atoms with Gasteiger partial charge in [0.15, 0.2) is 0 Å². The van der Waals surface area contributed by atoms with Gasteiger partial charge >= 0.3 is 6.03 Å². The van der Waals surface area contributed by atoms with Crippen LogP contribution in [0, 0.1) is 5.92 Å². The van der Waals surface area contributed by atoms with Crippen molar-refractivity contribution in [2.45, 2.75) is 50.6 Å². The molecule has 2 aliphatic heterocycles. The van der Waals surface area contributed by atoms with Gasteiger partial charge in [0.25, 0.3) is 0 Å². The summed E-state index contributed by atoms with van der Waals surface area (Å²) >= 11 is 0. The van der Waals surface area contributed by atoms with Gasteiger partial charge in [-0.1, -0.05) is 6.07 Å². The van der Waals surface area contributed by atoms with Crippen LogP contribution in [0.15, 0.2) is 24.3 Å². The highest BCUT2D eigenvalue weighted by molar-refractivity contribution is 5.89. The molecule has 1 aromatic rings. The van der Waals surface area contributed by atoms with Crippen molar-refractivity contribution in [2.24, 2.45) is 5.92 Å². The fourth-order valence-corrected chi connectivity index (χ4v) is 4.41. The lowest BCUT2D eigenvalue weighted by molar-refractivity contribution is -0.141. The zero-order valence-electron chi connectivity index (χ0n) is 17.1. The molecule has 1 N–H and O–H groups in total. The van der Waals surface area contributed by atoms with Crippen LogP contribution in [-0.2, 0) is 9.53 Å². The van der Waals surface area contributed by atoms with Crippen molar-refractivity contribution in [1.29, 1.82) is 0 Å². The monoisotopic (exact) mass is 401 g/mol. The van der Waals surface area contributed by atoms with Crippen molar-refractivity contribution >= 4 is 17.6 Å². The highest BCUT2D eigenvalue weighted by Crippen LogP contribution is 2.35. The van der Waals surface area contributed by atoms with E-state index in [4.69, 9.17) is 9.47 Å². The molecule has 0 aromatic heterocycles. The highest BCUT2D eigenvalue weighted by atomic mass is 16.5. The molecule has 1 aliphatic carbocycles. The number of methoxy groups -OCH3 is 1. The van der Waals surface area contributed by atoms with Crippen molar-refractivity contribution < 1.29 is 19.1 Å². The fraction of sp³-hybridized carbons (Fsp3) is 0.636. The maximum atomic E-state index is 13.0. The summed E-state index contributed by atoms with van der Waals surface area (Å²) in [5.41, 5.74) is 0.726. The zero-order valence-corrected chi connectivity index (χ0v) is 17.1. The smallest absolute Gasteiger partial charge is 0.321 e. The Kier molecular flexibility index (Phi) is 6.23. The first-order valence-corrected chi connectivity index (χ1v) is 10.8. The molecule has 7 heteroatoms. The second-order valence-electron chi connectivity index (χ2n) is 8.24. The number of likely N-dealkylation sites (tertiary alicyclic amines) is 1. The number of nitrogens with one attached hydrogen (secondary N) is 1. The zero-order chi connectivity index (χ0) is 20.2. The van der Waals surface area contributed by atoms with Crippen LogP contribution >= 0.6 is 0 Å². The molecule has 158 valence electrons. The van der Waals surface area contributed by atoms with Crippen molar-refractivity contribution in [3.05, 3.63) is 24.3 Å². The Balaban J connectivity index is 1.35. The number of ether oxygens (including phenoxy) is 2. The molecule has 2 heterocycles. The number of amides is 3. The number of piperidine rings is 1. The Labute approximate surface area is 172 Å². The largest absolute Gasteiger partial charge is 0.497 e. The number of anilines is 1. The van der Waals surface area contributed by atoms with E-state index in [0.29, 0.717) is 30.8 Å². The molecule has 29 heavy (non-hydrogen) atoms. The van der Waals surface area contributed by atoms with Gasteiger partial charge in [0.2, 0.25) is 5.91 Å². The van der Waals surface area contributed by atoms with Gasteiger partial charge in [-0.15, -0.1) is 0 Å². The summed E-state index contributed by atoms with van der Waals surface area (Å²) < 4.78 is 10.7. The Morgan fingerprint density at radius 3 is 2.41 bits per heavy atom. The van der Waals surface area contributed by atoms with Crippen LogP contribution in [0.25, 0.3) is 0 Å². The van der Waals surface area contributed by atoms with Crippen molar-refractivity contribution in [1.82, 2.24) is 9.80 Å². The number of hydrogen-bond acceptors (Lipinski definition) is 4. The number of rotatable bonds is 5. The predicted molar refractivity (Wildman–Crippen MR) is 110 cm³/mol. The first-order chi connectivity index (χ1) is 14.2. The predicted octanol–water partition coefficient (Wildman–Crippen LogP) is 3.11. The molecule has 2 saturated heterocycles. The third-order valence-electron chi connectivity index (χ3n) is 6.23. The van der Waals surface area contributed by atoms with Gasteiger partial charge < -0.3 is 24.6 Å². The minimum absolute atomic E-state index is 0.0946. The fourth-order valence-electron chi connectivity index (χ4n) is 4.41. The van der Waals surface area contributed by atoms with E-state index >= 15 is 0 Å². The first-order valence-electron chi connectivity index (χ1n) is 10.8. The van der Waals surface area contributed by atoms with E-state index < -0.39 is 0 Å². The summed E-state index contributed by atoms with van der Waals surface area (Å²) in [5, 5.41) is 2.95. The summed E-state index contributed by atoms with van der Waals surface area (Å²) in [5.74, 6) is 1.27. The lowest BCUT2D eigenvalue weighted by Crippen LogP contribution is -2.54. The summed E-state index contributed by atoms with van der Waals surface area (Å²) in [6.07, 6.45) is 5.58. The van der Waals surface area contributed by atoms with Crippen molar-refractivity contribution in [3.63, 3.8) is 0 Å². The van der Waals surface area contributed by atoms with Gasteiger partial charge in [-0.25, -0.2) is 4.79 Å². The van der Waals surface area contributed by atoms with Crippen LogP contribution < -0.4 is 10.1 Å². The molecular formula is C22H31N3O4. The number of carbonyl (C=O) groups excluding carboxylic acids is 2. The molecule has 0 unspecified atom stereocenters. The molecule has 0 atom stereocenters. The molecule has 1 aromatic carbocycles. The lowest BCUT2D eigenvalue weighted by Gasteiger charge is -2.43. The average Bonchev–Trinajstić information content (AvgIpc) is 3.61. The van der Waals surface area contributed by atoms with Crippen LogP contribution in [0.1, 0.15) is 38.5 Å². The van der Waals surface area contributed by atoms with Crippen LogP contribution in [0.4, 0.5) is 10.5 Å². The van der Waals surface area contributed by atoms with Gasteiger partial charge in [-0.05, 0) is 50.7 Å². The van der Waals surface area contributed by atoms with Crippen LogP contribution in [-0.4, -0.2) is 67.2 Å². The Bertz CT molecular complexity index is 723. The number of benzene rings is 1. The standard InChI is InChI=1S/C22H31N3O4/c1-28-20-4-2-3-17(15-20)23-22(27)24-11-7-18(8-12-24)25(21(26)16-5-6-16)19-9-13-29-14-10-19/h2-4,15-16,18-19H,5-14H2,1H3,(H,23,27). The second kappa shape index (κ2) is 9.03. The molecule has 0 bridgehead atoms. The van der Waals surface area contributed by atoms with E-state index in [1.807, 2.05) is 29.2 Å². The number of urea groups is 1. The molecule has 0 radical (unpaired) electrons. The van der Waals surface area contributed by atoms with Crippen LogP contribution in [0.5, 0.6) is 5.75 Å². The molecular weight excluding hydrogens is 370 g/mol. The van der Waals surface area contributed by atoms with Crippen LogP contribution in [0.2, 0.25) is 0 Å². The minimum atomic E-state index is -0.0946. The van der Waals surface area contributed by atoms with E-state index in [1.54, 1.807) is 7.11 Å². The molecule has 4 rings (SSSR count). The lowest BCUT2D eigenvalue weighted by atomic mass is 9.97. The minimum Gasteiger partial charge on any atom is -0.497 e. The summed E-state index contributed by atoms with van der Waals surface area (Å²) in [7, 11) is 1.61. The SMILES string of the molecule is COc1cccc(NC(=O)N2CCC(N(C(=O)C3CC3)C3CCOCC3)CC2)c1. The van der Waals surface area contributed by atoms with Crippen molar-refractivity contribution in [3.8, 4) is 5.75 Å². The van der Waals surface area contributed by atoms with E-state index in [0.717, 1.165) is 57.4 Å². The van der Waals surface area contributed by atoms with Gasteiger partial charge in [0, 0.05) is 56.1 Å². The van der Waals surface area contributed by atoms with Crippen LogP contribution in [0.3, 0.4) is 0 Å². The Morgan fingerprint density at radius 2 is 1.76 bits per heavy atom. The Hall–Kier alpha value is -2.28. The first kappa shape index (κ1) is 20.0. The van der Waals surface area contributed by atoms with E-state index in [9.17, 15) is 9.59 Å². The molecule has 3 fully saturated rings. The highest BCUT2D eigenvalue weighted by Gasteiger charge is 2.41. The molecule has 0 spiro atoms. The van der Waals surface area contributed by atoms with Gasteiger partial charge in [-0.2, -0.15) is 0 Å². The summed E-state index contributed by atoms with van der Waals surface area (Å²) in [6.45, 7) is 2.80. The normalized spacial score (nSPS) is 20.9. The summed E-state index contributed by atoms with van der Waals surface area (Å²) in [4.78, 5) is 29.7. The number of nitrogens with zero attached hydrogens (tertiary/aromatic N) is 2. The molecule has 7 nitrogen and oxygen atoms in total. The topological polar surface area (TPSA) is 71.1 Å². The Morgan fingerprint density at radius 1 is 1.07 bits per heavy atom. The number of hydrogen-bond donors (Lipinski definition) is 1. The van der Waals surface area contributed by atoms with Crippen molar-refractivity contribution in [2.75, 3.05) is 38.7 Å².